The monoisotopic (exact) mass is 1610 g/mol. The Balaban J connectivity index is 7.99. The number of aliphatic hydroxyl groups excluding tert-OH is 1. The molecule has 0 saturated heterocycles. The number of ketones is 5. The fourth-order valence-electron chi connectivity index (χ4n) is 11.4. The summed E-state index contributed by atoms with van der Waals surface area (Å²) in [5, 5.41) is 23.9. The highest BCUT2D eigenvalue weighted by Crippen LogP contribution is 2.24. The van der Waals surface area contributed by atoms with Gasteiger partial charge in [0.25, 0.3) is 0 Å². The van der Waals surface area contributed by atoms with E-state index in [1.807, 2.05) is 0 Å². The zero-order valence-electron chi connectivity index (χ0n) is 64.3. The summed E-state index contributed by atoms with van der Waals surface area (Å²) in [6.45, 7) is 1.03. The number of guanidine groups is 9. The smallest absolute Gasteiger partial charge is 0.240 e. The van der Waals surface area contributed by atoms with Crippen molar-refractivity contribution in [2.75, 3.05) is 71.3 Å². The number of carbonyl (C=O) groups is 11. The summed E-state index contributed by atoms with van der Waals surface area (Å²) in [6, 6.07) is -6.78. The van der Waals surface area contributed by atoms with Gasteiger partial charge in [-0.25, -0.2) is 0 Å². The third kappa shape index (κ3) is 48.4. The minimum Gasteiger partial charge on any atom is -0.396 e. The topological polar surface area (TPSA) is 874 Å². The van der Waals surface area contributed by atoms with Crippen LogP contribution in [0, 0.1) is 35.5 Å². The molecule has 112 heavy (non-hydrogen) atoms. The van der Waals surface area contributed by atoms with Gasteiger partial charge in [0.1, 0.15) is 11.8 Å². The van der Waals surface area contributed by atoms with Crippen LogP contribution in [-0.4, -0.2) is 225 Å². The lowest BCUT2D eigenvalue weighted by Gasteiger charge is -2.27. The number of hydrogen-bond donors (Lipinski definition) is 26. The van der Waals surface area contributed by atoms with Gasteiger partial charge in [0.15, 0.2) is 76.8 Å². The van der Waals surface area contributed by atoms with Crippen LogP contribution in [0.2, 0.25) is 0 Å². The van der Waals surface area contributed by atoms with Crippen molar-refractivity contribution in [3.8, 4) is 0 Å². The number of rotatable bonds is 64. The van der Waals surface area contributed by atoms with Crippen LogP contribution in [-0.2, 0) is 52.7 Å². The number of aliphatic imine (C=N–C) groups is 9. The molecule has 0 unspecified atom stereocenters. The molecule has 0 aliphatic carbocycles. The lowest BCUT2D eigenvalue weighted by Crippen LogP contribution is -2.50. The van der Waals surface area contributed by atoms with E-state index in [1.54, 1.807) is 6.92 Å². The number of Topliss-reactive ketones (excluding diaryl/α,β-unsaturated/α-hetero) is 5. The van der Waals surface area contributed by atoms with Crippen molar-refractivity contribution < 1.29 is 57.8 Å². The van der Waals surface area contributed by atoms with Crippen molar-refractivity contribution in [2.45, 2.75) is 185 Å². The van der Waals surface area contributed by atoms with Gasteiger partial charge in [0, 0.05) is 126 Å². The van der Waals surface area contributed by atoms with Crippen LogP contribution >= 0.6 is 12.6 Å². The third-order valence-electron chi connectivity index (χ3n) is 17.4. The number of nitrogens with two attached hydrogens (primary N) is 19. The van der Waals surface area contributed by atoms with Gasteiger partial charge in [0.05, 0.1) is 36.7 Å². The second-order valence-corrected chi connectivity index (χ2v) is 27.2. The number of nitrogens with one attached hydrogen (secondary N) is 5. The highest BCUT2D eigenvalue weighted by molar-refractivity contribution is 7.80. The quantitative estimate of drug-likeness (QED) is 0.0116. The molecule has 0 fully saturated rings. The number of thiol groups is 1. The highest BCUT2D eigenvalue weighted by atomic mass is 32.1. The van der Waals surface area contributed by atoms with E-state index in [0.717, 1.165) is 0 Å². The maximum Gasteiger partial charge on any atom is 0.240 e. The van der Waals surface area contributed by atoms with Crippen LogP contribution in [0.5, 0.6) is 0 Å². The minimum absolute atomic E-state index is 0.00191. The Morgan fingerprint density at radius 2 is 0.446 bits per heavy atom. The van der Waals surface area contributed by atoms with E-state index in [9.17, 15) is 43.5 Å². The molecule has 0 aliphatic heterocycles. The molecule has 0 heterocycles. The van der Waals surface area contributed by atoms with E-state index in [-0.39, 0.29) is 227 Å². The number of hydrogen-bond acceptors (Lipinski definition) is 22. The lowest BCUT2D eigenvalue weighted by atomic mass is 9.88. The number of carbonyl (C=O) groups excluding carboxylic acids is 11. The molecule has 46 heteroatoms. The van der Waals surface area contributed by atoms with Crippen molar-refractivity contribution in [3.05, 3.63) is 0 Å². The van der Waals surface area contributed by atoms with Crippen molar-refractivity contribution in [1.82, 2.24) is 26.6 Å². The summed E-state index contributed by atoms with van der Waals surface area (Å²) >= 11 is 4.12. The Bertz CT molecular complexity index is 3260. The predicted octanol–water partition coefficient (Wildman–Crippen LogP) is -9.19. The maximum atomic E-state index is 15.1. The summed E-state index contributed by atoms with van der Waals surface area (Å²) in [4.78, 5) is 193. The first-order chi connectivity index (χ1) is 52.8. The van der Waals surface area contributed by atoms with Gasteiger partial charge in [0.2, 0.25) is 35.4 Å². The van der Waals surface area contributed by atoms with Crippen LogP contribution in [0.1, 0.15) is 155 Å². The van der Waals surface area contributed by atoms with Gasteiger partial charge in [-0.2, -0.15) is 12.6 Å². The molecule has 0 radical (unpaired) electrons. The van der Waals surface area contributed by atoms with Crippen LogP contribution in [0.25, 0.3) is 0 Å². The van der Waals surface area contributed by atoms with Gasteiger partial charge in [-0.05, 0) is 116 Å². The lowest BCUT2D eigenvalue weighted by molar-refractivity contribution is -0.137. The van der Waals surface area contributed by atoms with Crippen LogP contribution in [0.15, 0.2) is 44.9 Å². The fourth-order valence-corrected chi connectivity index (χ4v) is 11.7. The molecule has 0 bridgehead atoms. The zero-order valence-corrected chi connectivity index (χ0v) is 65.2. The van der Waals surface area contributed by atoms with Crippen molar-refractivity contribution >= 4 is 131 Å². The molecule has 6 amide bonds. The first kappa shape index (κ1) is 101. The van der Waals surface area contributed by atoms with Gasteiger partial charge in [-0.1, -0.05) is 6.92 Å². The summed E-state index contributed by atoms with van der Waals surface area (Å²) in [5.74, 6) is -17.4. The fraction of sp³-hybridized carbons (Fsp3) is 0.697. The van der Waals surface area contributed by atoms with Crippen molar-refractivity contribution in [2.24, 2.45) is 189 Å². The predicted molar refractivity (Wildman–Crippen MR) is 434 cm³/mol. The first-order valence-electron chi connectivity index (χ1n) is 37.0. The average Bonchev–Trinajstić information content (AvgIpc) is 0.860. The van der Waals surface area contributed by atoms with E-state index in [1.165, 1.54) is 0 Å². The molecule has 0 aliphatic rings. The molecule has 634 valence electrons. The van der Waals surface area contributed by atoms with E-state index >= 15 is 14.4 Å². The summed E-state index contributed by atoms with van der Waals surface area (Å²) < 4.78 is 0. The second kappa shape index (κ2) is 57.9. The van der Waals surface area contributed by atoms with E-state index < -0.39 is 163 Å². The van der Waals surface area contributed by atoms with Gasteiger partial charge in [-0.3, -0.25) is 97.7 Å². The van der Waals surface area contributed by atoms with E-state index in [2.05, 4.69) is 84.1 Å². The molecule has 0 aromatic rings. The Hall–Kier alpha value is -11.1. The number of nitrogens with zero attached hydrogens (tertiary/aromatic N) is 9. The van der Waals surface area contributed by atoms with Crippen LogP contribution in [0.4, 0.5) is 0 Å². The molecule has 0 spiro atoms. The number of primary amides is 1. The van der Waals surface area contributed by atoms with Crippen molar-refractivity contribution in [3.63, 3.8) is 0 Å². The second-order valence-electron chi connectivity index (χ2n) is 26.9. The molecular weight excluding hydrogens is 1480 g/mol. The molecular formula is C66H127N33O12S. The molecule has 0 saturated carbocycles. The SMILES string of the molecule is C[C@@H](CCCN=C(N)N)C(=O)C[C@@H](CO)C(=O)N[C@H](CCCN=C(N)N)C(=O)C[C@H](CCCN=C(N)N)C(=O)N[C@H](CCCN=C(N)N)C(=O)C[C@H](CCCN=C(N)N)C(=O)N[C@H](CCCN=C(N)N)C(=O)C[C@H](CCCN=C(N)N)C(=O)N[C@H](CCCN=C(N)N)C(=O)C[C@H](CCCN=C(N)N)C(=O)N[C@H](CS)C(N)=O. The summed E-state index contributed by atoms with van der Waals surface area (Å²) in [7, 11) is 0. The summed E-state index contributed by atoms with van der Waals surface area (Å²) in [6.07, 6.45) is -1.80. The Labute approximate surface area is 657 Å². The van der Waals surface area contributed by atoms with E-state index in [0.29, 0.717) is 12.8 Å². The first-order valence-corrected chi connectivity index (χ1v) is 37.6. The minimum atomic E-state index is -1.44. The molecule has 0 rings (SSSR count). The van der Waals surface area contributed by atoms with Crippen molar-refractivity contribution in [1.29, 1.82) is 0 Å². The largest absolute Gasteiger partial charge is 0.396 e. The molecule has 0 aromatic carbocycles. The van der Waals surface area contributed by atoms with Gasteiger partial charge >= 0.3 is 0 Å². The molecule has 45 nitrogen and oxygen atoms in total. The zero-order chi connectivity index (χ0) is 84.8. The van der Waals surface area contributed by atoms with Crippen LogP contribution < -0.4 is 136 Å². The van der Waals surface area contributed by atoms with Gasteiger partial charge in [-0.15, -0.1) is 0 Å². The Morgan fingerprint density at radius 3 is 0.634 bits per heavy atom. The van der Waals surface area contributed by atoms with Crippen LogP contribution in [0.3, 0.4) is 0 Å². The third-order valence-corrected chi connectivity index (χ3v) is 17.8. The molecule has 44 N–H and O–H groups in total. The Morgan fingerprint density at radius 1 is 0.268 bits per heavy atom. The van der Waals surface area contributed by atoms with E-state index in [4.69, 9.17) is 109 Å². The molecule has 0 aromatic heterocycles. The number of aliphatic hydroxyl groups is 1. The summed E-state index contributed by atoms with van der Waals surface area (Å²) in [5.41, 5.74) is 106. The Kier molecular flexibility index (Phi) is 52.2. The standard InChI is InChI=1S/C66H127N33O12S/c1-36(11-2-20-86-58(68)69)47(101)33-41(34-100)57(111)98-45(19-10-28-94-66(84)85)51(105)31-39(14-5-23-89-61(74)75)55(109)96-43(17-8-26-92-64(80)81)49(103)29-37(12-3-21-87-59(70)71)53(107)95-42(16-7-25-91-63(78)79)48(102)30-38(13-4-22-88-60(72)73)54(108)97-44(18-9-27-93-65(82)83)50(104)32-40(15-6-24-90-62(76)77)56(110)99-46(35-112)52(67)106/h36-46,100,112H,2-35H2,1H3,(H2,67,106)(H,95,107)(H,96,109)(H,97,108)(H,98,111)(H,99,110)(H4,68,69,86)(H4,70,71,87)(H4,72,73,88)(H4,74,75,89)(H4,76,77,90)(H4,78,79,91)(H4,80,81,92)(H4,82,83,93)(H4,84,85,94)/t36-,37-,38-,39-,40-,41-,42+,43+,44+,45+,46+/m0/s1. The van der Waals surface area contributed by atoms with Gasteiger partial charge < -0.3 is 141 Å². The normalized spacial score (nSPS) is 13.8. The maximum absolute atomic E-state index is 15.1. The average molecular weight is 1610 g/mol. The highest BCUT2D eigenvalue weighted by Gasteiger charge is 2.37. The number of amides is 6. The molecule has 11 atom stereocenters.